The fourth-order valence-corrected chi connectivity index (χ4v) is 1.78. The van der Waals surface area contributed by atoms with Crippen LogP contribution in [-0.4, -0.2) is 18.7 Å². The molecule has 0 saturated heterocycles. The summed E-state index contributed by atoms with van der Waals surface area (Å²) in [7, 11) is 0. The van der Waals surface area contributed by atoms with Crippen LogP contribution in [0.4, 0.5) is 5.95 Å². The molecule has 0 bridgehead atoms. The highest BCUT2D eigenvalue weighted by molar-refractivity contribution is 14.1. The average molecular weight is 344 g/mol. The first-order chi connectivity index (χ1) is 7.88. The van der Waals surface area contributed by atoms with E-state index in [4.69, 9.17) is 0 Å². The van der Waals surface area contributed by atoms with Gasteiger partial charge in [0.25, 0.3) is 0 Å². The number of aromatic nitrogens is 3. The zero-order valence-electron chi connectivity index (χ0n) is 9.86. The van der Waals surface area contributed by atoms with Gasteiger partial charge in [-0.3, -0.25) is 12.9 Å². The lowest BCUT2D eigenvalue weighted by molar-refractivity contribution is -0.123. The number of halogens is 1. The second-order valence-corrected chi connectivity index (χ2v) is 5.84. The molecule has 0 aliphatic heterocycles. The van der Waals surface area contributed by atoms with Crippen molar-refractivity contribution in [3.05, 3.63) is 18.5 Å². The summed E-state index contributed by atoms with van der Waals surface area (Å²) in [5, 5.41) is 3.67. The molecule has 0 aliphatic carbocycles. The summed E-state index contributed by atoms with van der Waals surface area (Å²) in [5.41, 5.74) is 0.342. The highest BCUT2D eigenvalue weighted by Gasteiger charge is 2.22. The van der Waals surface area contributed by atoms with E-state index in [2.05, 4.69) is 38.1 Å². The van der Waals surface area contributed by atoms with E-state index >= 15 is 0 Å². The number of hydrogen-bond acceptors (Lipinski definition) is 3. The molecule has 0 aliphatic rings. The van der Waals surface area contributed by atoms with Gasteiger partial charge in [0.1, 0.15) is 0 Å². The maximum absolute atomic E-state index is 11.8. The number of fused-ring (bicyclic) bond motifs is 1. The van der Waals surface area contributed by atoms with Gasteiger partial charge in [-0.1, -0.05) is 20.8 Å². The van der Waals surface area contributed by atoms with Crippen molar-refractivity contribution < 1.29 is 4.79 Å². The van der Waals surface area contributed by atoms with Crippen LogP contribution in [0.5, 0.6) is 0 Å². The quantitative estimate of drug-likeness (QED) is 0.809. The third-order valence-corrected chi connectivity index (χ3v) is 3.07. The van der Waals surface area contributed by atoms with E-state index in [0.717, 1.165) is 11.0 Å². The topological polar surface area (TPSA) is 59.8 Å². The fraction of sp³-hybridized carbons (Fsp3) is 0.364. The predicted octanol–water partition coefficient (Wildman–Crippen LogP) is 2.61. The van der Waals surface area contributed by atoms with Crippen LogP contribution in [0.2, 0.25) is 0 Å². The van der Waals surface area contributed by atoms with Crippen molar-refractivity contribution in [2.45, 2.75) is 20.8 Å². The van der Waals surface area contributed by atoms with Crippen LogP contribution in [0.3, 0.4) is 0 Å². The van der Waals surface area contributed by atoms with Crippen molar-refractivity contribution in [2.24, 2.45) is 5.41 Å². The van der Waals surface area contributed by atoms with E-state index in [1.54, 1.807) is 6.20 Å². The summed E-state index contributed by atoms with van der Waals surface area (Å²) in [4.78, 5) is 20.2. The highest BCUT2D eigenvalue weighted by atomic mass is 127. The minimum Gasteiger partial charge on any atom is -0.294 e. The maximum Gasteiger partial charge on any atom is 0.232 e. The van der Waals surface area contributed by atoms with Crippen LogP contribution in [0.15, 0.2) is 18.5 Å². The third-order valence-electron chi connectivity index (χ3n) is 2.29. The largest absolute Gasteiger partial charge is 0.294 e. The second kappa shape index (κ2) is 4.25. The number of amides is 1. The van der Waals surface area contributed by atoms with Crippen LogP contribution >= 0.6 is 22.9 Å². The summed E-state index contributed by atoms with van der Waals surface area (Å²) < 4.78 is 1.86. The molecule has 0 saturated carbocycles. The van der Waals surface area contributed by atoms with Crippen molar-refractivity contribution >= 4 is 45.8 Å². The van der Waals surface area contributed by atoms with Crippen molar-refractivity contribution in [3.8, 4) is 0 Å². The van der Waals surface area contributed by atoms with Gasteiger partial charge in [-0.15, -0.1) is 0 Å². The zero-order chi connectivity index (χ0) is 12.6. The minimum absolute atomic E-state index is 0.0941. The summed E-state index contributed by atoms with van der Waals surface area (Å²) in [6, 6.07) is 1.93. The molecule has 0 fully saturated rings. The number of rotatable bonds is 1. The van der Waals surface area contributed by atoms with Crippen LogP contribution < -0.4 is 5.32 Å². The first-order valence-corrected chi connectivity index (χ1v) is 6.16. The van der Waals surface area contributed by atoms with Crippen LogP contribution in [0.25, 0.3) is 11.0 Å². The lowest BCUT2D eigenvalue weighted by atomic mass is 9.96. The molecule has 2 aromatic rings. The smallest absolute Gasteiger partial charge is 0.232 e. The first-order valence-electron chi connectivity index (χ1n) is 5.19. The number of nitrogens with zero attached hydrogens (tertiary/aromatic N) is 3. The van der Waals surface area contributed by atoms with Gasteiger partial charge >= 0.3 is 0 Å². The zero-order valence-corrected chi connectivity index (χ0v) is 12.0. The van der Waals surface area contributed by atoms with Crippen molar-refractivity contribution in [1.82, 2.24) is 12.7 Å². The SMILES string of the molecule is CC(C)(C)C(=O)Nc1ncc2ccn(I)c2n1. The average Bonchev–Trinajstić information content (AvgIpc) is 2.59. The lowest BCUT2D eigenvalue weighted by Crippen LogP contribution is -2.28. The molecule has 1 N–H and O–H groups in total. The molecule has 2 heterocycles. The molecule has 6 heteroatoms. The minimum atomic E-state index is -0.454. The Kier molecular flexibility index (Phi) is 3.07. The van der Waals surface area contributed by atoms with E-state index in [1.807, 2.05) is 35.8 Å². The Bertz CT molecular complexity index is 570. The molecule has 2 rings (SSSR count). The Morgan fingerprint density at radius 1 is 1.47 bits per heavy atom. The summed E-state index contributed by atoms with van der Waals surface area (Å²) in [6.45, 7) is 5.55. The van der Waals surface area contributed by atoms with Gasteiger partial charge in [-0.25, -0.2) is 4.98 Å². The number of nitrogens with one attached hydrogen (secondary N) is 1. The second-order valence-electron chi connectivity index (χ2n) is 4.80. The maximum atomic E-state index is 11.8. The lowest BCUT2D eigenvalue weighted by Gasteiger charge is -2.16. The molecule has 5 nitrogen and oxygen atoms in total. The molecule has 90 valence electrons. The van der Waals surface area contributed by atoms with Crippen LogP contribution in [-0.2, 0) is 4.79 Å². The normalized spacial score (nSPS) is 11.8. The van der Waals surface area contributed by atoms with Crippen molar-refractivity contribution in [2.75, 3.05) is 5.32 Å². The van der Waals surface area contributed by atoms with Gasteiger partial charge in [0, 0.05) is 23.2 Å². The molecule has 0 atom stereocenters. The van der Waals surface area contributed by atoms with E-state index in [0.29, 0.717) is 5.95 Å². The molecule has 0 radical (unpaired) electrons. The Morgan fingerprint density at radius 2 is 2.18 bits per heavy atom. The van der Waals surface area contributed by atoms with E-state index in [1.165, 1.54) is 0 Å². The molecule has 0 aromatic carbocycles. The van der Waals surface area contributed by atoms with Crippen molar-refractivity contribution in [3.63, 3.8) is 0 Å². The standard InChI is InChI=1S/C11H13IN4O/c1-11(2,3)9(17)15-10-13-6-7-4-5-16(12)8(7)14-10/h4-6H,1-3H3,(H,13,14,15,17). The molecule has 1 amide bonds. The van der Waals surface area contributed by atoms with E-state index in [-0.39, 0.29) is 5.91 Å². The Hall–Kier alpha value is -1.18. The van der Waals surface area contributed by atoms with Crippen LogP contribution in [0, 0.1) is 5.41 Å². The van der Waals surface area contributed by atoms with Gasteiger partial charge in [0.15, 0.2) is 5.65 Å². The predicted molar refractivity (Wildman–Crippen MR) is 75.0 cm³/mol. The molecule has 17 heavy (non-hydrogen) atoms. The number of hydrogen-bond donors (Lipinski definition) is 1. The molecule has 2 aromatic heterocycles. The number of anilines is 1. The Morgan fingerprint density at radius 3 is 2.82 bits per heavy atom. The van der Waals surface area contributed by atoms with Crippen LogP contribution in [0.1, 0.15) is 20.8 Å². The third kappa shape index (κ3) is 2.56. The number of carbonyl (C=O) groups excluding carboxylic acids is 1. The molecular weight excluding hydrogens is 331 g/mol. The fourth-order valence-electron chi connectivity index (χ4n) is 1.24. The van der Waals surface area contributed by atoms with E-state index < -0.39 is 5.41 Å². The van der Waals surface area contributed by atoms with E-state index in [9.17, 15) is 4.79 Å². The van der Waals surface area contributed by atoms with Gasteiger partial charge in [-0.2, -0.15) is 4.98 Å². The summed E-state index contributed by atoms with van der Waals surface area (Å²) in [6.07, 6.45) is 3.60. The van der Waals surface area contributed by atoms with Gasteiger partial charge in [-0.05, 0) is 6.07 Å². The van der Waals surface area contributed by atoms with Gasteiger partial charge < -0.3 is 0 Å². The highest BCUT2D eigenvalue weighted by Crippen LogP contribution is 2.18. The monoisotopic (exact) mass is 344 g/mol. The van der Waals surface area contributed by atoms with Crippen molar-refractivity contribution in [1.29, 1.82) is 0 Å². The Balaban J connectivity index is 2.31. The Labute approximate surface area is 113 Å². The number of carbonyl (C=O) groups is 1. The van der Waals surface area contributed by atoms with Gasteiger partial charge in [0.2, 0.25) is 11.9 Å². The molecule has 0 unspecified atom stereocenters. The van der Waals surface area contributed by atoms with Gasteiger partial charge in [0.05, 0.1) is 22.9 Å². The molecular formula is C11H13IN4O. The first kappa shape index (κ1) is 12.3. The molecule has 0 spiro atoms. The summed E-state index contributed by atoms with van der Waals surface area (Å²) >= 11 is 2.13. The summed E-state index contributed by atoms with van der Waals surface area (Å²) in [5.74, 6) is 0.248.